The summed E-state index contributed by atoms with van der Waals surface area (Å²) in [5, 5.41) is 7.59. The largest absolute Gasteiger partial charge is 0.416 e. The zero-order chi connectivity index (χ0) is 17.2. The lowest BCUT2D eigenvalue weighted by molar-refractivity contribution is -0.137. The molecule has 1 aliphatic rings. The maximum atomic E-state index is 12.8. The smallest absolute Gasteiger partial charge is 0.366 e. The number of ether oxygens (including phenoxy) is 1. The summed E-state index contributed by atoms with van der Waals surface area (Å²) < 4.78 is 43.7. The van der Waals surface area contributed by atoms with Crippen LogP contribution in [0.5, 0.6) is 0 Å². The molecule has 2 aromatic rings. The summed E-state index contributed by atoms with van der Waals surface area (Å²) in [5.74, 6) is -0.327. The number of nitrogens with zero attached hydrogens (tertiary/aromatic N) is 1. The molecule has 2 heterocycles. The summed E-state index contributed by atoms with van der Waals surface area (Å²) in [7, 11) is 0. The number of halogens is 4. The molecular weight excluding hydrogens is 379 g/mol. The number of thiazole rings is 1. The summed E-state index contributed by atoms with van der Waals surface area (Å²) in [5.41, 5.74) is -0.0125. The van der Waals surface area contributed by atoms with Gasteiger partial charge in [0.05, 0.1) is 17.9 Å². The first-order valence-electron chi connectivity index (χ1n) is 7.20. The SMILES string of the molecule is Cl.O=C(Nc1nc(-c2cccc(C(F)(F)F)c2)cs1)[C@H]1CNCCO1. The van der Waals surface area contributed by atoms with Crippen molar-refractivity contribution in [2.75, 3.05) is 25.0 Å². The molecule has 0 saturated carbocycles. The van der Waals surface area contributed by atoms with E-state index in [1.165, 1.54) is 6.07 Å². The normalized spacial score (nSPS) is 17.6. The Morgan fingerprint density at radius 2 is 2.20 bits per heavy atom. The Bertz CT molecular complexity index is 733. The minimum atomic E-state index is -4.41. The highest BCUT2D eigenvalue weighted by Gasteiger charge is 2.30. The Kier molecular flexibility index (Phi) is 6.39. The summed E-state index contributed by atoms with van der Waals surface area (Å²) >= 11 is 1.15. The van der Waals surface area contributed by atoms with E-state index in [4.69, 9.17) is 4.74 Å². The zero-order valence-corrected chi connectivity index (χ0v) is 14.4. The second-order valence-electron chi connectivity index (χ2n) is 5.17. The molecule has 0 bridgehead atoms. The van der Waals surface area contributed by atoms with E-state index in [-0.39, 0.29) is 18.3 Å². The number of nitrogens with one attached hydrogen (secondary N) is 2. The van der Waals surface area contributed by atoms with Crippen molar-refractivity contribution < 1.29 is 22.7 Å². The van der Waals surface area contributed by atoms with Crippen LogP contribution in [-0.4, -0.2) is 36.7 Å². The van der Waals surface area contributed by atoms with Crippen molar-refractivity contribution in [3.8, 4) is 11.3 Å². The number of rotatable bonds is 3. The van der Waals surface area contributed by atoms with Crippen LogP contribution in [-0.2, 0) is 15.7 Å². The van der Waals surface area contributed by atoms with Crippen molar-refractivity contribution >= 4 is 34.8 Å². The predicted molar refractivity (Wildman–Crippen MR) is 91.0 cm³/mol. The Morgan fingerprint density at radius 3 is 2.88 bits per heavy atom. The number of anilines is 1. The Hall–Kier alpha value is -1.68. The van der Waals surface area contributed by atoms with Crippen LogP contribution in [0.3, 0.4) is 0 Å². The van der Waals surface area contributed by atoms with Gasteiger partial charge in [-0.15, -0.1) is 23.7 Å². The molecule has 0 spiro atoms. The van der Waals surface area contributed by atoms with Gasteiger partial charge in [0.2, 0.25) is 0 Å². The van der Waals surface area contributed by atoms with E-state index in [9.17, 15) is 18.0 Å². The molecular formula is C15H15ClF3N3O2S. The monoisotopic (exact) mass is 393 g/mol. The highest BCUT2D eigenvalue weighted by Crippen LogP contribution is 2.33. The summed E-state index contributed by atoms with van der Waals surface area (Å²) in [6.07, 6.45) is -5.01. The maximum absolute atomic E-state index is 12.8. The van der Waals surface area contributed by atoms with Crippen LogP contribution < -0.4 is 10.6 Å². The first kappa shape index (κ1) is 19.6. The number of alkyl halides is 3. The summed E-state index contributed by atoms with van der Waals surface area (Å²) in [6.45, 7) is 1.56. The minimum Gasteiger partial charge on any atom is -0.366 e. The van der Waals surface area contributed by atoms with Crippen LogP contribution in [0.25, 0.3) is 11.3 Å². The van der Waals surface area contributed by atoms with Crippen molar-refractivity contribution in [3.05, 3.63) is 35.2 Å². The van der Waals surface area contributed by atoms with Gasteiger partial charge >= 0.3 is 6.18 Å². The van der Waals surface area contributed by atoms with E-state index in [1.807, 2.05) is 0 Å². The fourth-order valence-corrected chi connectivity index (χ4v) is 2.96. The molecule has 0 radical (unpaired) electrons. The van der Waals surface area contributed by atoms with E-state index in [1.54, 1.807) is 11.4 Å². The Labute approximate surface area is 152 Å². The molecule has 1 saturated heterocycles. The molecule has 0 unspecified atom stereocenters. The first-order valence-corrected chi connectivity index (χ1v) is 8.08. The number of carbonyl (C=O) groups is 1. The average molecular weight is 394 g/mol. The number of morpholine rings is 1. The highest BCUT2D eigenvalue weighted by molar-refractivity contribution is 7.14. The number of hydrogen-bond acceptors (Lipinski definition) is 5. The Balaban J connectivity index is 0.00000225. The number of amides is 1. The third-order valence-corrected chi connectivity index (χ3v) is 4.20. The van der Waals surface area contributed by atoms with Gasteiger partial charge in [-0.3, -0.25) is 10.1 Å². The molecule has 10 heteroatoms. The summed E-state index contributed by atoms with van der Waals surface area (Å²) in [4.78, 5) is 16.2. The number of benzene rings is 1. The topological polar surface area (TPSA) is 63.2 Å². The fraction of sp³-hybridized carbons (Fsp3) is 0.333. The second kappa shape index (κ2) is 8.13. The van der Waals surface area contributed by atoms with Crippen LogP contribution in [0, 0.1) is 0 Å². The van der Waals surface area contributed by atoms with Gasteiger partial charge in [0, 0.05) is 24.0 Å². The van der Waals surface area contributed by atoms with E-state index in [2.05, 4.69) is 15.6 Å². The molecule has 25 heavy (non-hydrogen) atoms. The Morgan fingerprint density at radius 1 is 1.40 bits per heavy atom. The van der Waals surface area contributed by atoms with E-state index >= 15 is 0 Å². The minimum absolute atomic E-state index is 0. The number of carbonyl (C=O) groups excluding carboxylic acids is 1. The standard InChI is InChI=1S/C15H14F3N3O2S.ClH/c16-15(17,18)10-3-1-2-9(6-10)11-8-24-14(20-11)21-13(22)12-7-19-4-5-23-12;/h1-3,6,8,12,19H,4-5,7H2,(H,20,21,22);1H/t12-;/m1./s1. The molecule has 2 N–H and O–H groups in total. The molecule has 5 nitrogen and oxygen atoms in total. The van der Waals surface area contributed by atoms with Crippen molar-refractivity contribution in [1.29, 1.82) is 0 Å². The quantitative estimate of drug-likeness (QED) is 0.840. The highest BCUT2D eigenvalue weighted by atomic mass is 35.5. The molecule has 3 rings (SSSR count). The van der Waals surface area contributed by atoms with Gasteiger partial charge in [-0.05, 0) is 12.1 Å². The molecule has 136 valence electrons. The lowest BCUT2D eigenvalue weighted by atomic mass is 10.1. The maximum Gasteiger partial charge on any atom is 0.416 e. The van der Waals surface area contributed by atoms with Gasteiger partial charge in [-0.1, -0.05) is 12.1 Å². The van der Waals surface area contributed by atoms with Crippen LogP contribution in [0.1, 0.15) is 5.56 Å². The van der Waals surface area contributed by atoms with Crippen molar-refractivity contribution in [1.82, 2.24) is 10.3 Å². The third kappa shape index (κ3) is 4.91. The first-order chi connectivity index (χ1) is 11.4. The summed E-state index contributed by atoms with van der Waals surface area (Å²) in [6, 6.07) is 4.92. The molecule has 1 amide bonds. The predicted octanol–water partition coefficient (Wildman–Crippen LogP) is 3.18. The van der Waals surface area contributed by atoms with Gasteiger partial charge in [-0.2, -0.15) is 13.2 Å². The molecule has 1 aliphatic heterocycles. The van der Waals surface area contributed by atoms with Crippen LogP contribution in [0.15, 0.2) is 29.6 Å². The van der Waals surface area contributed by atoms with Gasteiger partial charge < -0.3 is 10.1 Å². The number of hydrogen-bond donors (Lipinski definition) is 2. The second-order valence-corrected chi connectivity index (χ2v) is 6.03. The van der Waals surface area contributed by atoms with E-state index in [0.29, 0.717) is 36.1 Å². The third-order valence-electron chi connectivity index (χ3n) is 3.44. The zero-order valence-electron chi connectivity index (χ0n) is 12.8. The number of aromatic nitrogens is 1. The molecule has 1 aromatic heterocycles. The van der Waals surface area contributed by atoms with E-state index < -0.39 is 17.8 Å². The van der Waals surface area contributed by atoms with Crippen LogP contribution >= 0.6 is 23.7 Å². The van der Waals surface area contributed by atoms with Crippen LogP contribution in [0.2, 0.25) is 0 Å². The van der Waals surface area contributed by atoms with Crippen molar-refractivity contribution in [3.63, 3.8) is 0 Å². The molecule has 1 atom stereocenters. The van der Waals surface area contributed by atoms with Gasteiger partial charge in [0.15, 0.2) is 5.13 Å². The van der Waals surface area contributed by atoms with Crippen molar-refractivity contribution in [2.45, 2.75) is 12.3 Å². The van der Waals surface area contributed by atoms with E-state index in [0.717, 1.165) is 23.5 Å². The van der Waals surface area contributed by atoms with Gasteiger partial charge in [0.1, 0.15) is 6.10 Å². The lowest BCUT2D eigenvalue weighted by Gasteiger charge is -2.22. The van der Waals surface area contributed by atoms with Gasteiger partial charge in [-0.25, -0.2) is 4.98 Å². The molecule has 1 fully saturated rings. The van der Waals surface area contributed by atoms with Gasteiger partial charge in [0.25, 0.3) is 5.91 Å². The fourth-order valence-electron chi connectivity index (χ4n) is 2.24. The van der Waals surface area contributed by atoms with Crippen molar-refractivity contribution in [2.24, 2.45) is 0 Å². The van der Waals surface area contributed by atoms with Crippen LogP contribution in [0.4, 0.5) is 18.3 Å². The molecule has 1 aromatic carbocycles. The molecule has 0 aliphatic carbocycles. The average Bonchev–Trinajstić information content (AvgIpc) is 3.03. The lowest BCUT2D eigenvalue weighted by Crippen LogP contribution is -2.45.